The molecule has 19 heavy (non-hydrogen) atoms. The van der Waals surface area contributed by atoms with Crippen LogP contribution in [0.2, 0.25) is 0 Å². The fourth-order valence-electron chi connectivity index (χ4n) is 1.66. The van der Waals surface area contributed by atoms with Crippen molar-refractivity contribution in [2.45, 2.75) is 13.5 Å². The standard InChI is InChI=1S/C13H12N2O3S/c1-7(16)11-10(13(17)18)15-12(19-11)9-4-2-3-8(5-9)6-14/h2-5H,6,14H2,1H3,(H,17,18). The average Bonchev–Trinajstić information content (AvgIpc) is 2.84. The lowest BCUT2D eigenvalue weighted by atomic mass is 10.1. The van der Waals surface area contributed by atoms with E-state index in [1.165, 1.54) is 6.92 Å². The van der Waals surface area contributed by atoms with Crippen LogP contribution in [0.25, 0.3) is 10.6 Å². The maximum atomic E-state index is 11.4. The number of nitrogens with zero attached hydrogens (tertiary/aromatic N) is 1. The number of ketones is 1. The maximum absolute atomic E-state index is 11.4. The summed E-state index contributed by atoms with van der Waals surface area (Å²) >= 11 is 1.09. The van der Waals surface area contributed by atoms with Crippen LogP contribution in [0.15, 0.2) is 24.3 Å². The van der Waals surface area contributed by atoms with Crippen molar-refractivity contribution in [3.05, 3.63) is 40.4 Å². The molecule has 0 bridgehead atoms. The van der Waals surface area contributed by atoms with Crippen LogP contribution in [-0.4, -0.2) is 21.8 Å². The lowest BCUT2D eigenvalue weighted by molar-refractivity contribution is 0.0687. The molecular formula is C13H12N2O3S. The van der Waals surface area contributed by atoms with Gasteiger partial charge in [0.05, 0.1) is 0 Å². The van der Waals surface area contributed by atoms with E-state index in [0.717, 1.165) is 22.5 Å². The minimum Gasteiger partial charge on any atom is -0.476 e. The smallest absolute Gasteiger partial charge is 0.356 e. The zero-order valence-corrected chi connectivity index (χ0v) is 11.0. The first-order valence-electron chi connectivity index (χ1n) is 5.57. The maximum Gasteiger partial charge on any atom is 0.356 e. The molecule has 0 amide bonds. The number of hydrogen-bond acceptors (Lipinski definition) is 5. The first-order valence-corrected chi connectivity index (χ1v) is 6.39. The van der Waals surface area contributed by atoms with Gasteiger partial charge >= 0.3 is 5.97 Å². The van der Waals surface area contributed by atoms with Gasteiger partial charge in [0.2, 0.25) is 0 Å². The quantitative estimate of drug-likeness (QED) is 0.835. The normalized spacial score (nSPS) is 10.4. The molecule has 1 aromatic heterocycles. The highest BCUT2D eigenvalue weighted by molar-refractivity contribution is 7.17. The topological polar surface area (TPSA) is 93.3 Å². The van der Waals surface area contributed by atoms with Gasteiger partial charge in [0.15, 0.2) is 11.5 Å². The van der Waals surface area contributed by atoms with Crippen molar-refractivity contribution in [3.8, 4) is 10.6 Å². The van der Waals surface area contributed by atoms with E-state index in [9.17, 15) is 9.59 Å². The van der Waals surface area contributed by atoms with Crippen LogP contribution < -0.4 is 5.73 Å². The Morgan fingerprint density at radius 2 is 2.16 bits per heavy atom. The number of carboxylic acids is 1. The van der Waals surface area contributed by atoms with Gasteiger partial charge in [-0.05, 0) is 11.6 Å². The Kier molecular flexibility index (Phi) is 3.73. The predicted octanol–water partition coefficient (Wildman–Crippen LogP) is 2.17. The lowest BCUT2D eigenvalue weighted by Gasteiger charge is -1.99. The number of carboxylic acid groups (broad SMARTS) is 1. The number of carbonyl (C=O) groups excluding carboxylic acids is 1. The molecule has 0 unspecified atom stereocenters. The molecule has 98 valence electrons. The average molecular weight is 276 g/mol. The number of nitrogens with two attached hydrogens (primary N) is 1. The Labute approximate surface area is 113 Å². The highest BCUT2D eigenvalue weighted by Gasteiger charge is 2.21. The molecule has 0 aliphatic rings. The molecule has 2 aromatic rings. The fraction of sp³-hybridized carbons (Fsp3) is 0.154. The van der Waals surface area contributed by atoms with Crippen LogP contribution in [0, 0.1) is 0 Å². The first-order chi connectivity index (χ1) is 9.02. The molecule has 0 aliphatic heterocycles. The monoisotopic (exact) mass is 276 g/mol. The van der Waals surface area contributed by atoms with Crippen molar-refractivity contribution in [1.29, 1.82) is 0 Å². The Balaban J connectivity index is 2.53. The predicted molar refractivity (Wildman–Crippen MR) is 72.4 cm³/mol. The van der Waals surface area contributed by atoms with E-state index < -0.39 is 5.97 Å². The van der Waals surface area contributed by atoms with Crippen molar-refractivity contribution >= 4 is 23.1 Å². The number of benzene rings is 1. The second-order valence-electron chi connectivity index (χ2n) is 3.96. The zero-order chi connectivity index (χ0) is 14.0. The number of carbonyl (C=O) groups is 2. The van der Waals surface area contributed by atoms with Gasteiger partial charge in [-0.1, -0.05) is 18.2 Å². The Bertz CT molecular complexity index is 618. The van der Waals surface area contributed by atoms with Gasteiger partial charge in [-0.15, -0.1) is 11.3 Å². The molecule has 0 saturated carbocycles. The Hall–Kier alpha value is -2.05. The summed E-state index contributed by atoms with van der Waals surface area (Å²) in [5.41, 5.74) is 7.07. The molecule has 0 spiro atoms. The fourth-order valence-corrected chi connectivity index (χ4v) is 2.61. The molecule has 0 saturated heterocycles. The summed E-state index contributed by atoms with van der Waals surface area (Å²) < 4.78 is 0. The molecular weight excluding hydrogens is 264 g/mol. The summed E-state index contributed by atoms with van der Waals surface area (Å²) in [4.78, 5) is 26.7. The van der Waals surface area contributed by atoms with Crippen LogP contribution in [0.5, 0.6) is 0 Å². The zero-order valence-electron chi connectivity index (χ0n) is 10.2. The van der Waals surface area contributed by atoms with Crippen LogP contribution in [0.3, 0.4) is 0 Å². The summed E-state index contributed by atoms with van der Waals surface area (Å²) in [6.07, 6.45) is 0. The highest BCUT2D eigenvalue weighted by atomic mass is 32.1. The number of aromatic carboxylic acids is 1. The second-order valence-corrected chi connectivity index (χ2v) is 4.96. The van der Waals surface area contributed by atoms with Crippen molar-refractivity contribution in [1.82, 2.24) is 4.98 Å². The summed E-state index contributed by atoms with van der Waals surface area (Å²) in [7, 11) is 0. The van der Waals surface area contributed by atoms with E-state index >= 15 is 0 Å². The number of aromatic nitrogens is 1. The van der Waals surface area contributed by atoms with E-state index in [4.69, 9.17) is 10.8 Å². The van der Waals surface area contributed by atoms with E-state index in [1.807, 2.05) is 24.3 Å². The summed E-state index contributed by atoms with van der Waals surface area (Å²) in [5, 5.41) is 9.56. The van der Waals surface area contributed by atoms with E-state index in [0.29, 0.717) is 11.6 Å². The lowest BCUT2D eigenvalue weighted by Crippen LogP contribution is -2.03. The second kappa shape index (κ2) is 5.29. The Morgan fingerprint density at radius 3 is 2.68 bits per heavy atom. The van der Waals surface area contributed by atoms with Crippen molar-refractivity contribution < 1.29 is 14.7 Å². The molecule has 2 rings (SSSR count). The molecule has 1 heterocycles. The third-order valence-corrected chi connectivity index (χ3v) is 3.76. The SMILES string of the molecule is CC(=O)c1sc(-c2cccc(CN)c2)nc1C(=O)O. The molecule has 5 nitrogen and oxygen atoms in total. The van der Waals surface area contributed by atoms with Gasteiger partial charge < -0.3 is 10.8 Å². The largest absolute Gasteiger partial charge is 0.476 e. The summed E-state index contributed by atoms with van der Waals surface area (Å²) in [6, 6.07) is 7.36. The number of rotatable bonds is 4. The third kappa shape index (κ3) is 2.69. The van der Waals surface area contributed by atoms with Gasteiger partial charge in [0.1, 0.15) is 9.88 Å². The number of thiazole rings is 1. The molecule has 1 aromatic carbocycles. The molecule has 0 atom stereocenters. The summed E-state index contributed by atoms with van der Waals surface area (Å²) in [6.45, 7) is 1.73. The minimum atomic E-state index is -1.19. The third-order valence-electron chi connectivity index (χ3n) is 2.56. The van der Waals surface area contributed by atoms with Crippen LogP contribution >= 0.6 is 11.3 Å². The molecule has 6 heteroatoms. The van der Waals surface area contributed by atoms with E-state index in [-0.39, 0.29) is 16.4 Å². The van der Waals surface area contributed by atoms with Crippen molar-refractivity contribution in [2.24, 2.45) is 5.73 Å². The van der Waals surface area contributed by atoms with Crippen molar-refractivity contribution in [2.75, 3.05) is 0 Å². The van der Waals surface area contributed by atoms with Crippen LogP contribution in [0.1, 0.15) is 32.6 Å². The van der Waals surface area contributed by atoms with Gasteiger partial charge in [0.25, 0.3) is 0 Å². The first kappa shape index (κ1) is 13.4. The van der Waals surface area contributed by atoms with E-state index in [1.54, 1.807) is 0 Å². The van der Waals surface area contributed by atoms with Gasteiger partial charge in [-0.3, -0.25) is 4.79 Å². The minimum absolute atomic E-state index is 0.167. The molecule has 0 aliphatic carbocycles. The van der Waals surface area contributed by atoms with Gasteiger partial charge in [-0.2, -0.15) is 0 Å². The number of Topliss-reactive ketones (excluding diaryl/α,β-unsaturated/α-hetero) is 1. The molecule has 0 radical (unpaired) electrons. The Morgan fingerprint density at radius 1 is 1.42 bits per heavy atom. The highest BCUT2D eigenvalue weighted by Crippen LogP contribution is 2.29. The number of hydrogen-bond donors (Lipinski definition) is 2. The van der Waals surface area contributed by atoms with Crippen molar-refractivity contribution in [3.63, 3.8) is 0 Å². The summed E-state index contributed by atoms with van der Waals surface area (Å²) in [5.74, 6) is -1.49. The van der Waals surface area contributed by atoms with Gasteiger partial charge in [-0.25, -0.2) is 9.78 Å². The van der Waals surface area contributed by atoms with Crippen LogP contribution in [-0.2, 0) is 6.54 Å². The van der Waals surface area contributed by atoms with Crippen LogP contribution in [0.4, 0.5) is 0 Å². The van der Waals surface area contributed by atoms with E-state index in [2.05, 4.69) is 4.98 Å². The molecule has 0 fully saturated rings. The molecule has 3 N–H and O–H groups in total. The van der Waals surface area contributed by atoms with Gasteiger partial charge in [0, 0.05) is 19.0 Å².